The monoisotopic (exact) mass is 293 g/mol. The molecule has 3 unspecified atom stereocenters. The third-order valence-electron chi connectivity index (χ3n) is 3.88. The summed E-state index contributed by atoms with van der Waals surface area (Å²) >= 11 is 2.14. The zero-order valence-electron chi connectivity index (χ0n) is 13.9. The Labute approximate surface area is 129 Å². The predicted octanol–water partition coefficient (Wildman–Crippen LogP) is 5.14. The molecule has 0 spiro atoms. The Hall–Kier alpha value is -0.470. The van der Waals surface area contributed by atoms with Crippen LogP contribution in [-0.4, -0.2) is 17.0 Å². The Bertz CT molecular complexity index is 361. The van der Waals surface area contributed by atoms with Crippen molar-refractivity contribution in [2.45, 2.75) is 58.1 Å². The van der Waals surface area contributed by atoms with Gasteiger partial charge in [-0.15, -0.1) is 0 Å². The molecule has 3 atom stereocenters. The van der Waals surface area contributed by atoms with E-state index in [4.69, 9.17) is 0 Å². The van der Waals surface area contributed by atoms with Crippen LogP contribution in [0.25, 0.3) is 0 Å². The molecule has 114 valence electrons. The summed E-state index contributed by atoms with van der Waals surface area (Å²) in [6, 6.07) is 11.3. The van der Waals surface area contributed by atoms with Gasteiger partial charge in [0.2, 0.25) is 0 Å². The van der Waals surface area contributed by atoms with Crippen LogP contribution in [0.4, 0.5) is 0 Å². The van der Waals surface area contributed by atoms with Crippen LogP contribution in [0.1, 0.15) is 53.1 Å². The number of benzene rings is 1. The summed E-state index contributed by atoms with van der Waals surface area (Å²) in [4.78, 5) is 0. The highest BCUT2D eigenvalue weighted by Gasteiger charge is 2.28. The van der Waals surface area contributed by atoms with E-state index in [1.807, 2.05) is 0 Å². The van der Waals surface area contributed by atoms with Crippen molar-refractivity contribution in [3.63, 3.8) is 0 Å². The van der Waals surface area contributed by atoms with Gasteiger partial charge in [0.15, 0.2) is 0 Å². The van der Waals surface area contributed by atoms with Crippen LogP contribution in [-0.2, 0) is 0 Å². The quantitative estimate of drug-likeness (QED) is 0.712. The van der Waals surface area contributed by atoms with E-state index in [-0.39, 0.29) is 0 Å². The summed E-state index contributed by atoms with van der Waals surface area (Å²) in [6.45, 7) is 14.9. The molecular weight excluding hydrogens is 262 g/mol. The second-order valence-corrected chi connectivity index (χ2v) is 7.80. The van der Waals surface area contributed by atoms with Crippen molar-refractivity contribution >= 4 is 11.8 Å². The highest BCUT2D eigenvalue weighted by molar-refractivity contribution is 8.00. The summed E-state index contributed by atoms with van der Waals surface area (Å²) in [6.07, 6.45) is 0. The van der Waals surface area contributed by atoms with Crippen LogP contribution in [0.5, 0.6) is 0 Å². The van der Waals surface area contributed by atoms with Gasteiger partial charge in [-0.3, -0.25) is 0 Å². The zero-order valence-corrected chi connectivity index (χ0v) is 14.7. The second kappa shape index (κ2) is 8.74. The lowest BCUT2D eigenvalue weighted by molar-refractivity contribution is 0.450. The highest BCUT2D eigenvalue weighted by Crippen LogP contribution is 2.36. The first-order valence-corrected chi connectivity index (χ1v) is 8.85. The van der Waals surface area contributed by atoms with Crippen molar-refractivity contribution in [2.75, 3.05) is 6.54 Å². The fraction of sp³-hybridized carbons (Fsp3) is 0.667. The lowest BCUT2D eigenvalue weighted by atomic mass is 9.96. The third kappa shape index (κ3) is 5.14. The first-order valence-electron chi connectivity index (χ1n) is 7.91. The smallest absolute Gasteiger partial charge is 0.0443 e. The number of hydrogen-bond donors (Lipinski definition) is 1. The molecule has 0 saturated carbocycles. The molecule has 0 aromatic heterocycles. The maximum Gasteiger partial charge on any atom is 0.0443 e. The van der Waals surface area contributed by atoms with Crippen molar-refractivity contribution in [3.05, 3.63) is 35.9 Å². The molecule has 0 bridgehead atoms. The van der Waals surface area contributed by atoms with Crippen molar-refractivity contribution < 1.29 is 0 Å². The van der Waals surface area contributed by atoms with E-state index in [9.17, 15) is 0 Å². The van der Waals surface area contributed by atoms with E-state index in [2.05, 4.69) is 89.0 Å². The minimum Gasteiger partial charge on any atom is -0.309 e. The van der Waals surface area contributed by atoms with Gasteiger partial charge >= 0.3 is 0 Å². The van der Waals surface area contributed by atoms with E-state index >= 15 is 0 Å². The van der Waals surface area contributed by atoms with Gasteiger partial charge in [0.1, 0.15) is 0 Å². The summed E-state index contributed by atoms with van der Waals surface area (Å²) in [5.74, 6) is 1.38. The maximum absolute atomic E-state index is 3.70. The Balaban J connectivity index is 2.94. The second-order valence-electron chi connectivity index (χ2n) is 6.24. The van der Waals surface area contributed by atoms with Crippen molar-refractivity contribution in [1.29, 1.82) is 0 Å². The van der Waals surface area contributed by atoms with Gasteiger partial charge in [-0.05, 0) is 23.9 Å². The predicted molar refractivity (Wildman–Crippen MR) is 93.4 cm³/mol. The minimum atomic E-state index is 0.437. The van der Waals surface area contributed by atoms with E-state index in [0.717, 1.165) is 12.5 Å². The zero-order chi connectivity index (χ0) is 15.1. The number of rotatable bonds is 8. The molecule has 0 aliphatic heterocycles. The Morgan fingerprint density at radius 2 is 1.55 bits per heavy atom. The molecule has 0 fully saturated rings. The van der Waals surface area contributed by atoms with Crippen LogP contribution in [0.15, 0.2) is 30.3 Å². The fourth-order valence-electron chi connectivity index (χ4n) is 2.33. The van der Waals surface area contributed by atoms with Gasteiger partial charge < -0.3 is 5.32 Å². The third-order valence-corrected chi connectivity index (χ3v) is 5.98. The van der Waals surface area contributed by atoms with Crippen molar-refractivity contribution in [2.24, 2.45) is 11.8 Å². The van der Waals surface area contributed by atoms with Crippen LogP contribution in [0, 0.1) is 11.8 Å². The Morgan fingerprint density at radius 1 is 0.950 bits per heavy atom. The summed E-state index contributed by atoms with van der Waals surface area (Å²) in [5.41, 5.74) is 1.41. The largest absolute Gasteiger partial charge is 0.309 e. The number of hydrogen-bond acceptors (Lipinski definition) is 2. The van der Waals surface area contributed by atoms with Gasteiger partial charge in [0.25, 0.3) is 0 Å². The molecule has 1 nitrogen and oxygen atoms in total. The van der Waals surface area contributed by atoms with Gasteiger partial charge in [-0.2, -0.15) is 11.8 Å². The van der Waals surface area contributed by atoms with Gasteiger partial charge in [-0.25, -0.2) is 0 Å². The molecule has 1 aromatic carbocycles. The molecule has 0 aliphatic carbocycles. The first-order chi connectivity index (χ1) is 9.47. The summed E-state index contributed by atoms with van der Waals surface area (Å²) < 4.78 is 0. The molecule has 1 rings (SSSR count). The van der Waals surface area contributed by atoms with Gasteiger partial charge in [-0.1, -0.05) is 71.9 Å². The molecule has 0 heterocycles. The van der Waals surface area contributed by atoms with E-state index in [1.165, 1.54) is 5.56 Å². The lowest BCUT2D eigenvalue weighted by Crippen LogP contribution is -2.34. The van der Waals surface area contributed by atoms with Crippen LogP contribution in [0.2, 0.25) is 0 Å². The van der Waals surface area contributed by atoms with E-state index < -0.39 is 0 Å². The number of nitrogens with one attached hydrogen (secondary N) is 1. The molecule has 2 heteroatoms. The Kier molecular flexibility index (Phi) is 7.68. The van der Waals surface area contributed by atoms with E-state index in [0.29, 0.717) is 22.5 Å². The number of thioether (sulfide) groups is 1. The molecule has 20 heavy (non-hydrogen) atoms. The highest BCUT2D eigenvalue weighted by atomic mass is 32.2. The lowest BCUT2D eigenvalue weighted by Gasteiger charge is -2.33. The van der Waals surface area contributed by atoms with Crippen molar-refractivity contribution in [1.82, 2.24) is 5.32 Å². The van der Waals surface area contributed by atoms with Gasteiger partial charge in [0, 0.05) is 16.5 Å². The van der Waals surface area contributed by atoms with Crippen LogP contribution >= 0.6 is 11.8 Å². The van der Waals surface area contributed by atoms with Crippen LogP contribution in [0.3, 0.4) is 0 Å². The van der Waals surface area contributed by atoms with Crippen LogP contribution < -0.4 is 5.32 Å². The molecule has 0 radical (unpaired) electrons. The first kappa shape index (κ1) is 17.6. The fourth-order valence-corrected chi connectivity index (χ4v) is 3.86. The standard InChI is InChI=1S/C18H31NS/c1-7-19-17(16-11-9-8-10-12-16)18(14(4)5)20-15(6)13(2)3/h8-15,17-19H,7H2,1-6H3. The average molecular weight is 294 g/mol. The Morgan fingerprint density at radius 3 is 2.00 bits per heavy atom. The van der Waals surface area contributed by atoms with E-state index in [1.54, 1.807) is 0 Å². The molecule has 1 N–H and O–H groups in total. The summed E-state index contributed by atoms with van der Waals surface area (Å²) in [7, 11) is 0. The average Bonchev–Trinajstić information content (AvgIpc) is 2.43. The minimum absolute atomic E-state index is 0.437. The van der Waals surface area contributed by atoms with Crippen molar-refractivity contribution in [3.8, 4) is 0 Å². The topological polar surface area (TPSA) is 12.0 Å². The maximum atomic E-state index is 3.70. The SMILES string of the molecule is CCNC(c1ccccc1)C(SC(C)C(C)C)C(C)C. The normalized spacial score (nSPS) is 16.4. The molecule has 0 amide bonds. The summed E-state index contributed by atoms with van der Waals surface area (Å²) in [5, 5.41) is 5.00. The molecule has 0 saturated heterocycles. The molecular formula is C18H31NS. The molecule has 1 aromatic rings. The molecule has 0 aliphatic rings. The van der Waals surface area contributed by atoms with Gasteiger partial charge in [0.05, 0.1) is 0 Å².